The van der Waals surface area contributed by atoms with E-state index in [9.17, 15) is 4.79 Å². The maximum Gasteiger partial charge on any atom is 0.322 e. The van der Waals surface area contributed by atoms with Gasteiger partial charge in [0.25, 0.3) is 0 Å². The monoisotopic (exact) mass is 273 g/mol. The van der Waals surface area contributed by atoms with Crippen LogP contribution >= 0.6 is 11.3 Å². The second-order valence-electron chi connectivity index (χ2n) is 4.59. The molecule has 2 amide bonds. The summed E-state index contributed by atoms with van der Waals surface area (Å²) in [6.45, 7) is 2.84. The van der Waals surface area contributed by atoms with Gasteiger partial charge >= 0.3 is 6.03 Å². The Hall–Kier alpha value is -1.88. The lowest BCUT2D eigenvalue weighted by molar-refractivity contribution is 0.189. The first-order chi connectivity index (χ1) is 9.25. The molecule has 0 saturated carbocycles. The van der Waals surface area contributed by atoms with Gasteiger partial charge in [-0.15, -0.1) is 11.3 Å². The van der Waals surface area contributed by atoms with Gasteiger partial charge in [-0.2, -0.15) is 0 Å². The molecule has 3 heterocycles. The van der Waals surface area contributed by atoms with E-state index in [1.165, 1.54) is 10.4 Å². The van der Waals surface area contributed by atoms with Gasteiger partial charge in [0.15, 0.2) is 0 Å². The van der Waals surface area contributed by atoms with Crippen LogP contribution in [0.1, 0.15) is 23.4 Å². The van der Waals surface area contributed by atoms with Crippen LogP contribution in [-0.2, 0) is 6.42 Å². The van der Waals surface area contributed by atoms with Gasteiger partial charge in [0.1, 0.15) is 0 Å². The van der Waals surface area contributed by atoms with E-state index >= 15 is 0 Å². The summed E-state index contributed by atoms with van der Waals surface area (Å²) in [5.41, 5.74) is 2.01. The number of fused-ring (bicyclic) bond motifs is 1. The molecular weight excluding hydrogens is 258 g/mol. The summed E-state index contributed by atoms with van der Waals surface area (Å²) in [7, 11) is 0. The second-order valence-corrected chi connectivity index (χ2v) is 5.59. The number of carbonyl (C=O) groups is 1. The van der Waals surface area contributed by atoms with E-state index in [0.29, 0.717) is 0 Å². The van der Waals surface area contributed by atoms with Crippen molar-refractivity contribution in [2.24, 2.45) is 0 Å². The number of hydrogen-bond acceptors (Lipinski definition) is 3. The molecule has 4 nitrogen and oxygen atoms in total. The minimum Gasteiger partial charge on any atom is -0.317 e. The maximum absolute atomic E-state index is 12.3. The van der Waals surface area contributed by atoms with Crippen LogP contribution in [0.25, 0.3) is 0 Å². The van der Waals surface area contributed by atoms with E-state index in [2.05, 4.69) is 28.7 Å². The Morgan fingerprint density at radius 2 is 2.42 bits per heavy atom. The molecule has 1 atom stereocenters. The maximum atomic E-state index is 12.3. The van der Waals surface area contributed by atoms with Crippen molar-refractivity contribution in [2.45, 2.75) is 19.4 Å². The minimum absolute atomic E-state index is 0.0580. The Balaban J connectivity index is 1.75. The highest BCUT2D eigenvalue weighted by molar-refractivity contribution is 7.10. The lowest BCUT2D eigenvalue weighted by Gasteiger charge is -2.33. The van der Waals surface area contributed by atoms with Crippen LogP contribution in [0.15, 0.2) is 36.0 Å². The highest BCUT2D eigenvalue weighted by Gasteiger charge is 2.28. The number of thiophene rings is 1. The third kappa shape index (κ3) is 2.33. The average molecular weight is 273 g/mol. The van der Waals surface area contributed by atoms with Crippen molar-refractivity contribution in [1.82, 2.24) is 9.88 Å². The molecule has 0 bridgehead atoms. The molecule has 0 aromatic carbocycles. The minimum atomic E-state index is -0.0580. The summed E-state index contributed by atoms with van der Waals surface area (Å²) in [6, 6.07) is 5.85. The zero-order valence-electron chi connectivity index (χ0n) is 10.7. The normalized spacial score (nSPS) is 17.9. The Labute approximate surface area is 116 Å². The number of aromatic nitrogens is 1. The Kier molecular flexibility index (Phi) is 3.21. The molecule has 0 aliphatic carbocycles. The fourth-order valence-electron chi connectivity index (χ4n) is 2.42. The van der Waals surface area contributed by atoms with Crippen LogP contribution in [0.4, 0.5) is 10.5 Å². The Morgan fingerprint density at radius 3 is 3.21 bits per heavy atom. The molecule has 0 spiro atoms. The summed E-state index contributed by atoms with van der Waals surface area (Å²) in [6.07, 6.45) is 4.29. The Morgan fingerprint density at radius 1 is 1.53 bits per heavy atom. The summed E-state index contributed by atoms with van der Waals surface area (Å²) in [5.74, 6) is 0. The van der Waals surface area contributed by atoms with Gasteiger partial charge in [-0.05, 0) is 42.5 Å². The van der Waals surface area contributed by atoms with E-state index < -0.39 is 0 Å². The Bertz CT molecular complexity index is 581. The van der Waals surface area contributed by atoms with Crippen LogP contribution in [0, 0.1) is 0 Å². The summed E-state index contributed by atoms with van der Waals surface area (Å²) in [4.78, 5) is 19.6. The molecule has 2 aromatic rings. The van der Waals surface area contributed by atoms with Crippen LogP contribution < -0.4 is 5.32 Å². The molecule has 5 heteroatoms. The first kappa shape index (κ1) is 12.2. The lowest BCUT2D eigenvalue weighted by atomic mass is 10.0. The molecule has 0 unspecified atom stereocenters. The highest BCUT2D eigenvalue weighted by atomic mass is 32.1. The highest BCUT2D eigenvalue weighted by Crippen LogP contribution is 2.32. The van der Waals surface area contributed by atoms with Crippen LogP contribution in [0.3, 0.4) is 0 Å². The number of amides is 2. The van der Waals surface area contributed by atoms with Gasteiger partial charge in [-0.25, -0.2) is 4.79 Å². The molecular formula is C14H15N3OS. The molecule has 1 aliphatic heterocycles. The number of nitrogens with zero attached hydrogens (tertiary/aromatic N) is 2. The van der Waals surface area contributed by atoms with Crippen molar-refractivity contribution < 1.29 is 4.79 Å². The SMILES string of the molecule is C[C@H]1c2ccsc2CCN1C(=O)Nc1cccnc1. The van der Waals surface area contributed by atoms with Crippen molar-refractivity contribution >= 4 is 23.1 Å². The van der Waals surface area contributed by atoms with Crippen molar-refractivity contribution in [3.8, 4) is 0 Å². The predicted octanol–water partition coefficient (Wildman–Crippen LogP) is 3.29. The fourth-order valence-corrected chi connectivity index (χ4v) is 3.38. The van der Waals surface area contributed by atoms with E-state index in [4.69, 9.17) is 0 Å². The lowest BCUT2D eigenvalue weighted by Crippen LogP contribution is -2.40. The van der Waals surface area contributed by atoms with E-state index in [0.717, 1.165) is 18.7 Å². The molecule has 1 aliphatic rings. The summed E-state index contributed by atoms with van der Waals surface area (Å²) in [5, 5.41) is 4.99. The predicted molar refractivity (Wildman–Crippen MR) is 76.4 cm³/mol. The molecule has 0 fully saturated rings. The number of rotatable bonds is 1. The van der Waals surface area contributed by atoms with Crippen molar-refractivity contribution in [2.75, 3.05) is 11.9 Å². The van der Waals surface area contributed by atoms with E-state index in [-0.39, 0.29) is 12.1 Å². The first-order valence-corrected chi connectivity index (χ1v) is 7.17. The molecule has 2 aromatic heterocycles. The van der Waals surface area contributed by atoms with Crippen LogP contribution in [0.5, 0.6) is 0 Å². The fraction of sp³-hybridized carbons (Fsp3) is 0.286. The number of nitrogens with one attached hydrogen (secondary N) is 1. The van der Waals surface area contributed by atoms with Gasteiger partial charge < -0.3 is 10.2 Å². The number of hydrogen-bond donors (Lipinski definition) is 1. The topological polar surface area (TPSA) is 45.2 Å². The summed E-state index contributed by atoms with van der Waals surface area (Å²) < 4.78 is 0. The van der Waals surface area contributed by atoms with Crippen LogP contribution in [0.2, 0.25) is 0 Å². The average Bonchev–Trinajstić information content (AvgIpc) is 2.89. The molecule has 0 radical (unpaired) electrons. The van der Waals surface area contributed by atoms with Gasteiger partial charge in [0, 0.05) is 17.6 Å². The number of carbonyl (C=O) groups excluding carboxylic acids is 1. The number of anilines is 1. The van der Waals surface area contributed by atoms with Gasteiger partial charge in [-0.3, -0.25) is 4.98 Å². The number of urea groups is 1. The molecule has 19 heavy (non-hydrogen) atoms. The van der Waals surface area contributed by atoms with Gasteiger partial charge in [0.05, 0.1) is 17.9 Å². The van der Waals surface area contributed by atoms with Crippen molar-refractivity contribution in [3.05, 3.63) is 46.4 Å². The van der Waals surface area contributed by atoms with Crippen molar-refractivity contribution in [3.63, 3.8) is 0 Å². The third-order valence-electron chi connectivity index (χ3n) is 3.45. The zero-order valence-corrected chi connectivity index (χ0v) is 11.5. The smallest absolute Gasteiger partial charge is 0.317 e. The van der Waals surface area contributed by atoms with E-state index in [1.54, 1.807) is 23.7 Å². The molecule has 1 N–H and O–H groups in total. The largest absolute Gasteiger partial charge is 0.322 e. The number of pyridine rings is 1. The van der Waals surface area contributed by atoms with Gasteiger partial charge in [-0.1, -0.05) is 0 Å². The third-order valence-corrected chi connectivity index (χ3v) is 4.45. The second kappa shape index (κ2) is 5.01. The molecule has 0 saturated heterocycles. The van der Waals surface area contributed by atoms with Crippen molar-refractivity contribution in [1.29, 1.82) is 0 Å². The van der Waals surface area contributed by atoms with Gasteiger partial charge in [0.2, 0.25) is 0 Å². The van der Waals surface area contributed by atoms with E-state index in [1.807, 2.05) is 17.0 Å². The molecule has 98 valence electrons. The summed E-state index contributed by atoms with van der Waals surface area (Å²) >= 11 is 1.78. The quantitative estimate of drug-likeness (QED) is 0.866. The standard InChI is InChI=1S/C14H15N3OS/c1-10-12-5-8-19-13(12)4-7-17(10)14(18)16-11-3-2-6-15-9-11/h2-3,5-6,8-10H,4,7H2,1H3,(H,16,18)/t10-/m0/s1. The van der Waals surface area contributed by atoms with Crippen LogP contribution in [-0.4, -0.2) is 22.5 Å². The first-order valence-electron chi connectivity index (χ1n) is 6.29. The zero-order chi connectivity index (χ0) is 13.2. The molecule has 3 rings (SSSR count).